The van der Waals surface area contributed by atoms with E-state index in [1.54, 1.807) is 0 Å². The van der Waals surface area contributed by atoms with Crippen molar-refractivity contribution in [1.82, 2.24) is 0 Å². The van der Waals surface area contributed by atoms with E-state index in [1.165, 1.54) is 11.1 Å². The van der Waals surface area contributed by atoms with Crippen molar-refractivity contribution < 1.29 is 19.2 Å². The third-order valence-electron chi connectivity index (χ3n) is 2.24. The number of phosphoric acid groups is 1. The van der Waals surface area contributed by atoms with E-state index in [0.717, 1.165) is 0 Å². The summed E-state index contributed by atoms with van der Waals surface area (Å²) in [5, 5.41) is 0. The molecule has 0 radical (unpaired) electrons. The van der Waals surface area contributed by atoms with E-state index in [0.29, 0.717) is 11.8 Å². The van der Waals surface area contributed by atoms with Crippen molar-refractivity contribution in [1.29, 1.82) is 0 Å². The van der Waals surface area contributed by atoms with Gasteiger partial charge in [-0.25, -0.2) is 4.57 Å². The quantitative estimate of drug-likeness (QED) is 0.714. The van der Waals surface area contributed by atoms with Gasteiger partial charge in [-0.1, -0.05) is 52.0 Å². The predicted molar refractivity (Wildman–Crippen MR) is 68.9 cm³/mol. The Balaban J connectivity index is 0.000000437. The summed E-state index contributed by atoms with van der Waals surface area (Å²) in [5.41, 5.74) is 2.99. The monoisotopic (exact) mass is 260 g/mol. The maximum Gasteiger partial charge on any atom is 0.466 e. The van der Waals surface area contributed by atoms with Crippen molar-refractivity contribution in [2.24, 2.45) is 0 Å². The van der Waals surface area contributed by atoms with Crippen LogP contribution in [0.1, 0.15) is 50.7 Å². The second-order valence-corrected chi connectivity index (χ2v) is 5.48. The van der Waals surface area contributed by atoms with Crippen LogP contribution < -0.4 is 0 Å². The second kappa shape index (κ2) is 6.92. The highest BCUT2D eigenvalue weighted by Gasteiger charge is 2.07. The molecule has 0 bridgehead atoms. The van der Waals surface area contributed by atoms with Crippen LogP contribution in [0.2, 0.25) is 0 Å². The van der Waals surface area contributed by atoms with E-state index in [9.17, 15) is 0 Å². The minimum absolute atomic E-state index is 0.642. The Morgan fingerprint density at radius 3 is 1.29 bits per heavy atom. The van der Waals surface area contributed by atoms with Gasteiger partial charge in [-0.2, -0.15) is 0 Å². The van der Waals surface area contributed by atoms with Crippen LogP contribution in [0, 0.1) is 0 Å². The van der Waals surface area contributed by atoms with Crippen molar-refractivity contribution in [3.8, 4) is 0 Å². The summed E-state index contributed by atoms with van der Waals surface area (Å²) in [5.74, 6) is 1.28. The van der Waals surface area contributed by atoms with Crippen LogP contribution in [0.5, 0.6) is 0 Å². The molecule has 1 aromatic carbocycles. The van der Waals surface area contributed by atoms with Crippen molar-refractivity contribution >= 4 is 7.82 Å². The molecule has 1 aromatic rings. The van der Waals surface area contributed by atoms with E-state index < -0.39 is 7.82 Å². The molecule has 5 heteroatoms. The topological polar surface area (TPSA) is 77.8 Å². The van der Waals surface area contributed by atoms with Crippen molar-refractivity contribution in [2.75, 3.05) is 0 Å². The molecule has 0 aliphatic rings. The highest BCUT2D eigenvalue weighted by atomic mass is 31.2. The van der Waals surface area contributed by atoms with Gasteiger partial charge in [-0.3, -0.25) is 0 Å². The van der Waals surface area contributed by atoms with Gasteiger partial charge in [0.15, 0.2) is 0 Å². The summed E-state index contributed by atoms with van der Waals surface area (Å²) >= 11 is 0. The molecular formula is C12H21O4P. The van der Waals surface area contributed by atoms with Crippen LogP contribution in [-0.2, 0) is 4.57 Å². The molecule has 4 nitrogen and oxygen atoms in total. The van der Waals surface area contributed by atoms with E-state index >= 15 is 0 Å². The summed E-state index contributed by atoms with van der Waals surface area (Å²) in [6, 6.07) is 8.72. The normalized spacial score (nSPS) is 11.4. The van der Waals surface area contributed by atoms with Gasteiger partial charge in [0, 0.05) is 0 Å². The van der Waals surface area contributed by atoms with Crippen molar-refractivity contribution in [2.45, 2.75) is 39.5 Å². The molecule has 1 rings (SSSR count). The van der Waals surface area contributed by atoms with Crippen LogP contribution in [0.4, 0.5) is 0 Å². The minimum atomic E-state index is -4.64. The van der Waals surface area contributed by atoms with E-state index in [4.69, 9.17) is 19.2 Å². The summed E-state index contributed by atoms with van der Waals surface area (Å²) in [7, 11) is -4.64. The van der Waals surface area contributed by atoms with Crippen LogP contribution in [0.15, 0.2) is 24.3 Å². The van der Waals surface area contributed by atoms with Gasteiger partial charge in [0.1, 0.15) is 0 Å². The first kappa shape index (κ1) is 16.3. The van der Waals surface area contributed by atoms with Crippen molar-refractivity contribution in [3.05, 3.63) is 35.4 Å². The standard InChI is InChI=1S/C12H18.H3O4P/c1-9(2)11-7-5-6-8-12(11)10(3)4;1-5(2,3)4/h5-10H,1-4H3;(H3,1,2,3,4). The Morgan fingerprint density at radius 1 is 0.882 bits per heavy atom. The highest BCUT2D eigenvalue weighted by molar-refractivity contribution is 7.45. The Hall–Kier alpha value is -0.670. The van der Waals surface area contributed by atoms with E-state index in [-0.39, 0.29) is 0 Å². The molecule has 0 heterocycles. The van der Waals surface area contributed by atoms with Crippen molar-refractivity contribution in [3.63, 3.8) is 0 Å². The first-order valence-corrected chi connectivity index (χ1v) is 7.06. The first-order valence-electron chi connectivity index (χ1n) is 5.50. The molecule has 0 atom stereocenters. The van der Waals surface area contributed by atoms with Crippen LogP contribution in [0.25, 0.3) is 0 Å². The van der Waals surface area contributed by atoms with Gasteiger partial charge < -0.3 is 14.7 Å². The van der Waals surface area contributed by atoms with Gasteiger partial charge in [0.2, 0.25) is 0 Å². The summed E-state index contributed by atoms with van der Waals surface area (Å²) in [4.78, 5) is 21.6. The lowest BCUT2D eigenvalue weighted by Crippen LogP contribution is -1.97. The zero-order valence-corrected chi connectivity index (χ0v) is 11.6. The summed E-state index contributed by atoms with van der Waals surface area (Å²) in [6.45, 7) is 9.00. The van der Waals surface area contributed by atoms with Crippen LogP contribution >= 0.6 is 7.82 Å². The largest absolute Gasteiger partial charge is 0.466 e. The lowest BCUT2D eigenvalue weighted by atomic mass is 9.91. The van der Waals surface area contributed by atoms with E-state index in [2.05, 4.69) is 52.0 Å². The first-order chi connectivity index (χ1) is 7.63. The molecule has 0 aliphatic carbocycles. The Labute approximate surface area is 103 Å². The maximum absolute atomic E-state index is 8.88. The Kier molecular flexibility index (Phi) is 6.65. The molecule has 0 saturated carbocycles. The summed E-state index contributed by atoms with van der Waals surface area (Å²) in [6.07, 6.45) is 0. The third kappa shape index (κ3) is 8.11. The number of hydrogen-bond acceptors (Lipinski definition) is 1. The highest BCUT2D eigenvalue weighted by Crippen LogP contribution is 2.26. The molecule has 0 unspecified atom stereocenters. The van der Waals surface area contributed by atoms with Gasteiger partial charge in [-0.15, -0.1) is 0 Å². The molecule has 98 valence electrons. The second-order valence-electron chi connectivity index (χ2n) is 4.45. The Bertz CT molecular complexity index is 347. The molecule has 0 aliphatic heterocycles. The fourth-order valence-corrected chi connectivity index (χ4v) is 1.56. The minimum Gasteiger partial charge on any atom is -0.303 e. The lowest BCUT2D eigenvalue weighted by Gasteiger charge is -2.14. The fraction of sp³-hybridized carbons (Fsp3) is 0.500. The fourth-order valence-electron chi connectivity index (χ4n) is 1.56. The summed E-state index contributed by atoms with van der Waals surface area (Å²) < 4.78 is 8.88. The Morgan fingerprint density at radius 2 is 1.12 bits per heavy atom. The third-order valence-corrected chi connectivity index (χ3v) is 2.24. The molecule has 0 aromatic heterocycles. The van der Waals surface area contributed by atoms with E-state index in [1.807, 2.05) is 0 Å². The lowest BCUT2D eigenvalue weighted by molar-refractivity contribution is 0.275. The molecule has 3 N–H and O–H groups in total. The van der Waals surface area contributed by atoms with Gasteiger partial charge >= 0.3 is 7.82 Å². The average Bonchev–Trinajstić information content (AvgIpc) is 2.15. The number of hydrogen-bond donors (Lipinski definition) is 3. The van der Waals surface area contributed by atoms with Crippen LogP contribution in [0.3, 0.4) is 0 Å². The van der Waals surface area contributed by atoms with Crippen LogP contribution in [-0.4, -0.2) is 14.7 Å². The molecule has 0 fully saturated rings. The SMILES string of the molecule is CC(C)c1ccccc1C(C)C.O=P(O)(O)O. The predicted octanol–water partition coefficient (Wildman–Crippen LogP) is 3.00. The van der Waals surface area contributed by atoms with Gasteiger partial charge in [0.25, 0.3) is 0 Å². The number of benzene rings is 1. The molecule has 0 saturated heterocycles. The smallest absolute Gasteiger partial charge is 0.303 e. The molecule has 0 amide bonds. The molecular weight excluding hydrogens is 239 g/mol. The molecule has 17 heavy (non-hydrogen) atoms. The van der Waals surface area contributed by atoms with Gasteiger partial charge in [-0.05, 0) is 23.0 Å². The molecule has 0 spiro atoms. The van der Waals surface area contributed by atoms with Gasteiger partial charge in [0.05, 0.1) is 0 Å². The zero-order valence-electron chi connectivity index (χ0n) is 10.7. The zero-order chi connectivity index (χ0) is 13.6. The average molecular weight is 260 g/mol. The maximum atomic E-state index is 8.88. The number of rotatable bonds is 2.